The molecule has 2 aromatic heterocycles. The van der Waals surface area contributed by atoms with Crippen LogP contribution in [0.3, 0.4) is 0 Å². The second-order valence-electron chi connectivity index (χ2n) is 15.5. The minimum Gasteiger partial charge on any atom is -0.456 e. The van der Waals surface area contributed by atoms with Crippen LogP contribution in [0, 0.1) is 0 Å². The fourth-order valence-electron chi connectivity index (χ4n) is 9.03. The van der Waals surface area contributed by atoms with Gasteiger partial charge in [0.1, 0.15) is 17.0 Å². The highest BCUT2D eigenvalue weighted by Gasteiger charge is 2.32. The van der Waals surface area contributed by atoms with E-state index >= 15 is 0 Å². The largest absolute Gasteiger partial charge is 0.456 e. The zero-order valence-electron chi connectivity index (χ0n) is 33.1. The lowest BCUT2D eigenvalue weighted by Gasteiger charge is -2.35. The number of furan rings is 1. The van der Waals surface area contributed by atoms with E-state index in [2.05, 4.69) is 232 Å². The molecule has 0 saturated heterocycles. The van der Waals surface area contributed by atoms with Crippen LogP contribution < -0.4 is 15.1 Å². The van der Waals surface area contributed by atoms with Crippen molar-refractivity contribution in [3.8, 4) is 27.9 Å². The number of rotatable bonds is 7. The van der Waals surface area contributed by atoms with Crippen LogP contribution in [0.5, 0.6) is 0 Å². The van der Waals surface area contributed by atoms with E-state index in [0.29, 0.717) is 0 Å². The third kappa shape index (κ3) is 5.86. The van der Waals surface area contributed by atoms with Gasteiger partial charge in [0.05, 0.1) is 22.6 Å². The molecule has 1 N–H and O–H groups in total. The number of aromatic nitrogens is 1. The summed E-state index contributed by atoms with van der Waals surface area (Å²) in [7, 11) is 0. The summed E-state index contributed by atoms with van der Waals surface area (Å²) in [5.74, 6) is 1.06. The van der Waals surface area contributed by atoms with Crippen molar-refractivity contribution in [3.05, 3.63) is 224 Å². The van der Waals surface area contributed by atoms with E-state index in [1.807, 2.05) is 12.1 Å². The van der Waals surface area contributed by atoms with E-state index in [-0.39, 0.29) is 0 Å². The fourth-order valence-corrected chi connectivity index (χ4v) is 9.03. The maximum atomic E-state index is 6.47. The highest BCUT2D eigenvalue weighted by atomic mass is 16.3. The van der Waals surface area contributed by atoms with Crippen molar-refractivity contribution in [1.82, 2.24) is 4.57 Å². The van der Waals surface area contributed by atoms with Crippen LogP contribution in [-0.4, -0.2) is 4.57 Å². The van der Waals surface area contributed by atoms with Crippen molar-refractivity contribution in [1.29, 1.82) is 0 Å². The first-order valence-corrected chi connectivity index (χ1v) is 20.7. The monoisotopic (exact) mass is 782 g/mol. The molecule has 0 radical (unpaired) electrons. The predicted octanol–water partition coefficient (Wildman–Crippen LogP) is 15.9. The predicted molar refractivity (Wildman–Crippen MR) is 254 cm³/mol. The lowest BCUT2D eigenvalue weighted by Crippen LogP contribution is -2.21. The molecular formula is C56H38N4O. The van der Waals surface area contributed by atoms with Gasteiger partial charge in [-0.2, -0.15) is 0 Å². The lowest BCUT2D eigenvalue weighted by atomic mass is 10.00. The summed E-state index contributed by atoms with van der Waals surface area (Å²) in [5, 5.41) is 7.27. The molecule has 12 rings (SSSR count). The zero-order valence-corrected chi connectivity index (χ0v) is 33.1. The van der Waals surface area contributed by atoms with Crippen LogP contribution in [0.25, 0.3) is 60.8 Å². The lowest BCUT2D eigenvalue weighted by molar-refractivity contribution is 0.669. The number of hydrogen-bond donors (Lipinski definition) is 1. The first kappa shape index (κ1) is 34.7. The molecule has 5 nitrogen and oxygen atoms in total. The summed E-state index contributed by atoms with van der Waals surface area (Å²) in [6, 6.07) is 79.8. The second-order valence-corrected chi connectivity index (χ2v) is 15.5. The molecule has 11 aromatic rings. The van der Waals surface area contributed by atoms with E-state index in [9.17, 15) is 0 Å². The van der Waals surface area contributed by atoms with Crippen molar-refractivity contribution in [2.24, 2.45) is 0 Å². The van der Waals surface area contributed by atoms with Gasteiger partial charge in [-0.05, 0) is 101 Å². The van der Waals surface area contributed by atoms with Crippen molar-refractivity contribution in [3.63, 3.8) is 0 Å². The minimum atomic E-state index is 0.849. The Balaban J connectivity index is 1.02. The number of anilines is 8. The first-order chi connectivity index (χ1) is 30.2. The fraction of sp³-hybridized carbons (Fsp3) is 0. The number of benzene rings is 9. The molecule has 0 unspecified atom stereocenters. The van der Waals surface area contributed by atoms with Gasteiger partial charge in [0, 0.05) is 50.7 Å². The van der Waals surface area contributed by atoms with E-state index in [4.69, 9.17) is 4.42 Å². The average Bonchev–Trinajstić information content (AvgIpc) is 3.87. The van der Waals surface area contributed by atoms with E-state index in [1.165, 1.54) is 16.7 Å². The van der Waals surface area contributed by atoms with Gasteiger partial charge in [0.2, 0.25) is 0 Å². The highest BCUT2D eigenvalue weighted by Crippen LogP contribution is 2.54. The minimum absolute atomic E-state index is 0.849. The Kier molecular flexibility index (Phi) is 8.10. The topological polar surface area (TPSA) is 36.6 Å². The maximum absolute atomic E-state index is 6.47. The molecule has 288 valence electrons. The van der Waals surface area contributed by atoms with Gasteiger partial charge in [-0.15, -0.1) is 0 Å². The molecular weight excluding hydrogens is 745 g/mol. The number of hydrogen-bond acceptors (Lipinski definition) is 4. The van der Waals surface area contributed by atoms with Crippen LogP contribution in [-0.2, 0) is 0 Å². The van der Waals surface area contributed by atoms with Gasteiger partial charge in [-0.1, -0.05) is 140 Å². The molecule has 61 heavy (non-hydrogen) atoms. The molecule has 3 heterocycles. The van der Waals surface area contributed by atoms with Gasteiger partial charge in [0.15, 0.2) is 0 Å². The molecule has 0 atom stereocenters. The van der Waals surface area contributed by atoms with Gasteiger partial charge in [-0.25, -0.2) is 0 Å². The average molecular weight is 783 g/mol. The first-order valence-electron chi connectivity index (χ1n) is 20.7. The standard InChI is InChI=1S/C56H38N4O/c1-4-14-38(15-5-1)39-24-26-40(27-25-39)41-28-30-44(31-29-41)58(46-32-34-48-47-20-11-13-23-53(47)61-54(48)37-46)45-33-35-50-52(36-45)60(43-18-8-3-9-19-43)56-55(57-50)49-21-10-12-22-51(49)59(56)42-16-6-2-7-17-42/h1-37,57H. The Labute approximate surface area is 353 Å². The van der Waals surface area contributed by atoms with Crippen LogP contribution in [0.4, 0.5) is 45.6 Å². The Morgan fingerprint density at radius 2 is 0.918 bits per heavy atom. The molecule has 0 amide bonds. The highest BCUT2D eigenvalue weighted by molar-refractivity contribution is 6.11. The summed E-state index contributed by atoms with van der Waals surface area (Å²) in [6.45, 7) is 0. The summed E-state index contributed by atoms with van der Waals surface area (Å²) in [6.07, 6.45) is 0. The quantitative estimate of drug-likeness (QED) is 0.175. The molecule has 0 aliphatic carbocycles. The van der Waals surface area contributed by atoms with Crippen molar-refractivity contribution in [2.75, 3.05) is 15.1 Å². The summed E-state index contributed by atoms with van der Waals surface area (Å²) in [5.41, 5.74) is 16.0. The van der Waals surface area contributed by atoms with E-state index in [0.717, 1.165) is 89.7 Å². The molecule has 1 aliphatic heterocycles. The smallest absolute Gasteiger partial charge is 0.147 e. The Morgan fingerprint density at radius 3 is 1.64 bits per heavy atom. The van der Waals surface area contributed by atoms with Crippen molar-refractivity contribution >= 4 is 78.5 Å². The van der Waals surface area contributed by atoms with Crippen LogP contribution >= 0.6 is 0 Å². The Hall–Kier alpha value is -8.28. The molecule has 0 bridgehead atoms. The summed E-state index contributed by atoms with van der Waals surface area (Å²) in [4.78, 5) is 4.74. The normalized spacial score (nSPS) is 12.0. The zero-order chi connectivity index (χ0) is 40.3. The maximum Gasteiger partial charge on any atom is 0.147 e. The van der Waals surface area contributed by atoms with Gasteiger partial charge in [0.25, 0.3) is 0 Å². The molecule has 0 saturated carbocycles. The van der Waals surface area contributed by atoms with E-state index in [1.54, 1.807) is 0 Å². The van der Waals surface area contributed by atoms with Gasteiger partial charge in [-0.3, -0.25) is 9.47 Å². The molecule has 1 aliphatic rings. The van der Waals surface area contributed by atoms with Gasteiger partial charge >= 0.3 is 0 Å². The number of para-hydroxylation sites is 4. The SMILES string of the molecule is c1ccc(-c2ccc(-c3ccc(N(c4ccc5c(c4)N(c4ccccc4)c4c(c6ccccc6n4-c4ccccc4)N5)c4ccc5c(c4)oc4ccccc45)cc3)cc2)cc1. The van der Waals surface area contributed by atoms with E-state index < -0.39 is 0 Å². The molecule has 0 spiro atoms. The number of fused-ring (bicyclic) bond motifs is 7. The number of nitrogens with one attached hydrogen (secondary N) is 1. The van der Waals surface area contributed by atoms with Crippen LogP contribution in [0.15, 0.2) is 229 Å². The Bertz CT molecular complexity index is 3370. The Morgan fingerprint density at radius 1 is 0.393 bits per heavy atom. The third-order valence-corrected chi connectivity index (χ3v) is 11.9. The third-order valence-electron chi connectivity index (χ3n) is 11.9. The van der Waals surface area contributed by atoms with Crippen LogP contribution in [0.2, 0.25) is 0 Å². The number of nitrogens with zero attached hydrogens (tertiary/aromatic N) is 3. The van der Waals surface area contributed by atoms with Crippen molar-refractivity contribution in [2.45, 2.75) is 0 Å². The molecule has 5 heteroatoms. The summed E-state index contributed by atoms with van der Waals surface area (Å²) >= 11 is 0. The summed E-state index contributed by atoms with van der Waals surface area (Å²) < 4.78 is 8.85. The molecule has 9 aromatic carbocycles. The van der Waals surface area contributed by atoms with Crippen LogP contribution in [0.1, 0.15) is 0 Å². The van der Waals surface area contributed by atoms with Crippen molar-refractivity contribution < 1.29 is 4.42 Å². The second kappa shape index (κ2) is 14.2. The molecule has 0 fully saturated rings. The van der Waals surface area contributed by atoms with Gasteiger partial charge < -0.3 is 14.6 Å².